The van der Waals surface area contributed by atoms with Crippen LogP contribution in [-0.2, 0) is 6.54 Å². The molecule has 6 nitrogen and oxygen atoms in total. The molecule has 0 aromatic carbocycles. The number of nitroso groups, excluding NO2 is 1. The second kappa shape index (κ2) is 4.85. The highest BCUT2D eigenvalue weighted by atomic mass is 16.2. The molecule has 78 valence electrons. The first-order valence-electron chi connectivity index (χ1n) is 4.12. The minimum absolute atomic E-state index is 0.191. The molecule has 0 aliphatic rings. The highest BCUT2D eigenvalue weighted by Gasteiger charge is 2.00. The molecule has 1 rings (SSSR count). The van der Waals surface area contributed by atoms with E-state index in [1.165, 1.54) is 22.9 Å². The summed E-state index contributed by atoms with van der Waals surface area (Å²) in [4.78, 5) is 34.4. The third kappa shape index (κ3) is 2.60. The van der Waals surface area contributed by atoms with Crippen molar-refractivity contribution in [2.75, 3.05) is 0 Å². The molecule has 15 heavy (non-hydrogen) atoms. The smallest absolute Gasteiger partial charge is 0.296 e. The van der Waals surface area contributed by atoms with Gasteiger partial charge in [-0.15, -0.1) is 11.5 Å². The predicted octanol–water partition coefficient (Wildman–Crippen LogP) is 0.460. The summed E-state index contributed by atoms with van der Waals surface area (Å²) < 4.78 is 1.26. The van der Waals surface area contributed by atoms with E-state index in [-0.39, 0.29) is 12.1 Å². The monoisotopic (exact) mass is 207 g/mol. The number of allylic oxidation sites excluding steroid dienone is 1. The van der Waals surface area contributed by atoms with E-state index >= 15 is 0 Å². The van der Waals surface area contributed by atoms with Gasteiger partial charge in [0.2, 0.25) is 0 Å². The molecule has 1 aromatic rings. The number of hydrogen-bond donors (Lipinski definition) is 1. The fourth-order valence-corrected chi connectivity index (χ4v) is 1.03. The fourth-order valence-electron chi connectivity index (χ4n) is 1.03. The Kier molecular flexibility index (Phi) is 3.50. The summed E-state index contributed by atoms with van der Waals surface area (Å²) in [6.07, 6.45) is 5.02. The lowest BCUT2D eigenvalue weighted by molar-refractivity contribution is 0.735. The number of nitrogens with zero attached hydrogens (tertiary/aromatic N) is 2. The van der Waals surface area contributed by atoms with Crippen LogP contribution in [0.1, 0.15) is 5.56 Å². The van der Waals surface area contributed by atoms with Crippen molar-refractivity contribution in [2.45, 2.75) is 6.54 Å². The third-order valence-electron chi connectivity index (χ3n) is 1.68. The molecule has 0 fully saturated rings. The van der Waals surface area contributed by atoms with E-state index in [0.717, 1.165) is 6.20 Å². The summed E-state index contributed by atoms with van der Waals surface area (Å²) in [6, 6.07) is 0. The molecule has 6 heteroatoms. The van der Waals surface area contributed by atoms with E-state index in [1.54, 1.807) is 0 Å². The predicted molar refractivity (Wildman–Crippen MR) is 56.3 cm³/mol. The zero-order valence-electron chi connectivity index (χ0n) is 7.84. The van der Waals surface area contributed by atoms with Crippen LogP contribution in [0.15, 0.2) is 39.8 Å². The largest absolute Gasteiger partial charge is 0.328 e. The molecule has 0 radical (unpaired) electrons. The molecule has 0 aliphatic carbocycles. The third-order valence-corrected chi connectivity index (χ3v) is 1.68. The summed E-state index contributed by atoms with van der Waals surface area (Å²) in [5.74, 6) is 0. The first-order chi connectivity index (χ1) is 7.19. The van der Waals surface area contributed by atoms with Crippen molar-refractivity contribution in [1.29, 1.82) is 0 Å². The van der Waals surface area contributed by atoms with Gasteiger partial charge in [0.1, 0.15) is 0 Å². The standard InChI is InChI=1S/C9H9N3O3/c1-2-5-12-6-7(3-4-10-15)8(13)11-9(12)14/h2-4,6H,1,5H2,(H,11,13,14)/b4-3+. The maximum atomic E-state index is 11.2. The topological polar surface area (TPSA) is 84.3 Å². The maximum absolute atomic E-state index is 11.2. The number of hydrogen-bond acceptors (Lipinski definition) is 4. The van der Waals surface area contributed by atoms with Gasteiger partial charge >= 0.3 is 5.69 Å². The molecule has 1 N–H and O–H groups in total. The SMILES string of the molecule is C=CCn1cc(/C=C/N=O)c(=O)[nH]c1=O. The van der Waals surface area contributed by atoms with Gasteiger partial charge in [0.25, 0.3) is 5.56 Å². The van der Waals surface area contributed by atoms with E-state index in [1.807, 2.05) is 0 Å². The summed E-state index contributed by atoms with van der Waals surface area (Å²) in [5, 5.41) is 2.48. The van der Waals surface area contributed by atoms with Crippen LogP contribution >= 0.6 is 0 Å². The zero-order valence-corrected chi connectivity index (χ0v) is 7.84. The van der Waals surface area contributed by atoms with Gasteiger partial charge in [-0.1, -0.05) is 6.08 Å². The van der Waals surface area contributed by atoms with Crippen LogP contribution in [-0.4, -0.2) is 9.55 Å². The van der Waals surface area contributed by atoms with E-state index in [4.69, 9.17) is 0 Å². The number of aromatic nitrogens is 2. The van der Waals surface area contributed by atoms with Crippen molar-refractivity contribution in [3.05, 3.63) is 56.4 Å². The molecule has 0 atom stereocenters. The van der Waals surface area contributed by atoms with Gasteiger partial charge < -0.3 is 0 Å². The Morgan fingerprint density at radius 1 is 1.53 bits per heavy atom. The van der Waals surface area contributed by atoms with Crippen LogP contribution in [0.3, 0.4) is 0 Å². The molecular formula is C9H9N3O3. The van der Waals surface area contributed by atoms with E-state index in [2.05, 4.69) is 16.7 Å². The molecule has 0 spiro atoms. The van der Waals surface area contributed by atoms with Gasteiger partial charge in [-0.3, -0.25) is 14.3 Å². The molecule has 1 heterocycles. The average molecular weight is 207 g/mol. The molecule has 1 aromatic heterocycles. The van der Waals surface area contributed by atoms with E-state index in [9.17, 15) is 14.5 Å². The van der Waals surface area contributed by atoms with Gasteiger partial charge in [0.05, 0.1) is 11.8 Å². The minimum atomic E-state index is -0.555. The quantitative estimate of drug-likeness (QED) is 0.575. The Morgan fingerprint density at radius 2 is 2.27 bits per heavy atom. The Hall–Kier alpha value is -2.24. The van der Waals surface area contributed by atoms with Crippen molar-refractivity contribution >= 4 is 6.08 Å². The Labute approximate surface area is 84.5 Å². The van der Waals surface area contributed by atoms with Crippen molar-refractivity contribution < 1.29 is 0 Å². The second-order valence-electron chi connectivity index (χ2n) is 2.71. The van der Waals surface area contributed by atoms with E-state index < -0.39 is 11.2 Å². The Bertz CT molecular complexity index is 510. The molecule has 0 unspecified atom stereocenters. The number of H-pyrrole nitrogens is 1. The number of nitrogens with one attached hydrogen (secondary N) is 1. The molecule has 0 saturated carbocycles. The molecular weight excluding hydrogens is 198 g/mol. The highest BCUT2D eigenvalue weighted by Crippen LogP contribution is 1.92. The average Bonchev–Trinajstić information content (AvgIpc) is 2.20. The van der Waals surface area contributed by atoms with Gasteiger partial charge in [-0.05, 0) is 11.3 Å². The Balaban J connectivity index is 3.28. The second-order valence-corrected chi connectivity index (χ2v) is 2.71. The lowest BCUT2D eigenvalue weighted by Crippen LogP contribution is -2.30. The van der Waals surface area contributed by atoms with Crippen LogP contribution in [0.5, 0.6) is 0 Å². The minimum Gasteiger partial charge on any atom is -0.296 e. The van der Waals surface area contributed by atoms with Crippen LogP contribution in [0.2, 0.25) is 0 Å². The lowest BCUT2D eigenvalue weighted by Gasteiger charge is -2.01. The highest BCUT2D eigenvalue weighted by molar-refractivity contribution is 5.45. The van der Waals surface area contributed by atoms with Crippen LogP contribution in [0.25, 0.3) is 6.08 Å². The molecule has 0 saturated heterocycles. The fraction of sp³-hybridized carbons (Fsp3) is 0.111. The van der Waals surface area contributed by atoms with Crippen molar-refractivity contribution in [3.8, 4) is 0 Å². The number of rotatable bonds is 4. The summed E-state index contributed by atoms with van der Waals surface area (Å²) in [6.45, 7) is 3.76. The van der Waals surface area contributed by atoms with Gasteiger partial charge in [-0.25, -0.2) is 4.79 Å². The molecule has 0 aliphatic heterocycles. The van der Waals surface area contributed by atoms with Crippen molar-refractivity contribution in [1.82, 2.24) is 9.55 Å². The molecule has 0 amide bonds. The van der Waals surface area contributed by atoms with E-state index in [0.29, 0.717) is 0 Å². The Morgan fingerprint density at radius 3 is 2.87 bits per heavy atom. The maximum Gasteiger partial charge on any atom is 0.328 e. The molecule has 0 bridgehead atoms. The van der Waals surface area contributed by atoms with Crippen LogP contribution in [0.4, 0.5) is 0 Å². The summed E-state index contributed by atoms with van der Waals surface area (Å²) in [7, 11) is 0. The number of aromatic amines is 1. The van der Waals surface area contributed by atoms with Crippen LogP contribution < -0.4 is 11.2 Å². The van der Waals surface area contributed by atoms with Gasteiger partial charge in [-0.2, -0.15) is 0 Å². The zero-order chi connectivity index (χ0) is 11.3. The normalized spacial score (nSPS) is 10.4. The first kappa shape index (κ1) is 10.8. The van der Waals surface area contributed by atoms with Crippen molar-refractivity contribution in [3.63, 3.8) is 0 Å². The summed E-state index contributed by atoms with van der Waals surface area (Å²) in [5.41, 5.74) is -0.882. The lowest BCUT2D eigenvalue weighted by atomic mass is 10.3. The van der Waals surface area contributed by atoms with Crippen molar-refractivity contribution in [2.24, 2.45) is 5.18 Å². The first-order valence-corrected chi connectivity index (χ1v) is 4.12. The van der Waals surface area contributed by atoms with Gasteiger partial charge in [0.15, 0.2) is 0 Å². The summed E-state index contributed by atoms with van der Waals surface area (Å²) >= 11 is 0. The van der Waals surface area contributed by atoms with Gasteiger partial charge in [0, 0.05) is 12.7 Å². The van der Waals surface area contributed by atoms with Crippen LogP contribution in [0, 0.1) is 4.91 Å².